The number of thioether (sulfide) groups is 1. The van der Waals surface area contributed by atoms with E-state index in [1.165, 1.54) is 12.1 Å². The van der Waals surface area contributed by atoms with Crippen molar-refractivity contribution in [2.75, 3.05) is 63.2 Å². The number of aliphatic imine (C=N–C) groups is 1. The SMILES string of the molecule is CCNC(=NCc1cc(C(F)(F)F)ccc1N1CCN(C)CC1)NCCCCSC. The number of guanidine groups is 1. The molecule has 1 heterocycles. The largest absolute Gasteiger partial charge is 0.416 e. The summed E-state index contributed by atoms with van der Waals surface area (Å²) >= 11 is 1.82. The van der Waals surface area contributed by atoms with Crippen LogP contribution < -0.4 is 15.5 Å². The van der Waals surface area contributed by atoms with Crippen LogP contribution in [0.2, 0.25) is 0 Å². The third-order valence-corrected chi connectivity index (χ3v) is 5.77. The summed E-state index contributed by atoms with van der Waals surface area (Å²) in [7, 11) is 2.06. The van der Waals surface area contributed by atoms with Gasteiger partial charge in [0.25, 0.3) is 0 Å². The summed E-state index contributed by atoms with van der Waals surface area (Å²) in [5.41, 5.74) is 0.824. The summed E-state index contributed by atoms with van der Waals surface area (Å²) in [5, 5.41) is 6.47. The van der Waals surface area contributed by atoms with Crippen LogP contribution >= 0.6 is 11.8 Å². The van der Waals surface area contributed by atoms with Gasteiger partial charge in [-0.3, -0.25) is 0 Å². The number of nitrogens with zero attached hydrogens (tertiary/aromatic N) is 3. The van der Waals surface area contributed by atoms with Crippen LogP contribution in [0.3, 0.4) is 0 Å². The standard InChI is InChI=1S/C21H34F3N5S/c1-4-25-20(26-9-5-6-14-30-3)27-16-17-15-18(21(22,23)24)7-8-19(17)29-12-10-28(2)11-13-29/h7-8,15H,4-6,9-14,16H2,1-3H3,(H2,25,26,27). The lowest BCUT2D eigenvalue weighted by atomic mass is 10.1. The lowest BCUT2D eigenvalue weighted by molar-refractivity contribution is -0.137. The van der Waals surface area contributed by atoms with Crippen molar-refractivity contribution < 1.29 is 13.2 Å². The average molecular weight is 446 g/mol. The van der Waals surface area contributed by atoms with E-state index in [1.807, 2.05) is 18.7 Å². The topological polar surface area (TPSA) is 42.9 Å². The fourth-order valence-corrected chi connectivity index (χ4v) is 3.82. The number of likely N-dealkylation sites (N-methyl/N-ethyl adjacent to an activating group) is 1. The molecule has 1 fully saturated rings. The molecule has 2 rings (SSSR count). The number of halogens is 3. The van der Waals surface area contributed by atoms with Crippen molar-refractivity contribution in [3.05, 3.63) is 29.3 Å². The zero-order valence-corrected chi connectivity index (χ0v) is 19.0. The molecule has 2 N–H and O–H groups in total. The summed E-state index contributed by atoms with van der Waals surface area (Å²) in [5.74, 6) is 1.76. The first-order valence-corrected chi connectivity index (χ1v) is 11.9. The Kier molecular flexibility index (Phi) is 10.1. The maximum atomic E-state index is 13.3. The summed E-state index contributed by atoms with van der Waals surface area (Å²) in [6.45, 7) is 7.05. The van der Waals surface area contributed by atoms with Gasteiger partial charge in [0.15, 0.2) is 5.96 Å². The minimum Gasteiger partial charge on any atom is -0.369 e. The zero-order valence-electron chi connectivity index (χ0n) is 18.2. The molecule has 0 aliphatic carbocycles. The molecule has 0 unspecified atom stereocenters. The number of benzene rings is 1. The average Bonchev–Trinajstić information content (AvgIpc) is 2.71. The number of hydrogen-bond donors (Lipinski definition) is 2. The molecule has 1 saturated heterocycles. The monoisotopic (exact) mass is 445 g/mol. The van der Waals surface area contributed by atoms with E-state index in [2.05, 4.69) is 38.7 Å². The smallest absolute Gasteiger partial charge is 0.369 e. The maximum Gasteiger partial charge on any atom is 0.416 e. The van der Waals surface area contributed by atoms with Crippen LogP contribution in [0, 0.1) is 0 Å². The first-order valence-electron chi connectivity index (χ1n) is 10.5. The van der Waals surface area contributed by atoms with Gasteiger partial charge in [-0.2, -0.15) is 24.9 Å². The molecule has 1 aliphatic heterocycles. The van der Waals surface area contributed by atoms with E-state index in [9.17, 15) is 13.2 Å². The van der Waals surface area contributed by atoms with Gasteiger partial charge in [0.05, 0.1) is 12.1 Å². The Morgan fingerprint density at radius 3 is 2.50 bits per heavy atom. The summed E-state index contributed by atoms with van der Waals surface area (Å²) < 4.78 is 39.9. The predicted octanol–water partition coefficient (Wildman–Crippen LogP) is 3.66. The Morgan fingerprint density at radius 2 is 1.87 bits per heavy atom. The molecular formula is C21H34F3N5S. The first-order chi connectivity index (χ1) is 14.3. The Morgan fingerprint density at radius 1 is 1.13 bits per heavy atom. The molecule has 0 saturated carbocycles. The van der Waals surface area contributed by atoms with Crippen LogP contribution in [-0.4, -0.2) is 69.2 Å². The van der Waals surface area contributed by atoms with Crippen LogP contribution in [-0.2, 0) is 12.7 Å². The molecule has 5 nitrogen and oxygen atoms in total. The minimum atomic E-state index is -4.36. The van der Waals surface area contributed by atoms with Crippen LogP contribution in [0.25, 0.3) is 0 Å². The van der Waals surface area contributed by atoms with Gasteiger partial charge in [-0.25, -0.2) is 4.99 Å². The summed E-state index contributed by atoms with van der Waals surface area (Å²) in [6.07, 6.45) is -0.124. The molecule has 1 aromatic carbocycles. The highest BCUT2D eigenvalue weighted by molar-refractivity contribution is 7.98. The fourth-order valence-electron chi connectivity index (χ4n) is 3.33. The molecule has 170 valence electrons. The van der Waals surface area contributed by atoms with Crippen molar-refractivity contribution in [3.8, 4) is 0 Å². The molecule has 0 aromatic heterocycles. The highest BCUT2D eigenvalue weighted by Gasteiger charge is 2.31. The first kappa shape index (κ1) is 24.7. The number of anilines is 1. The number of rotatable bonds is 9. The summed E-state index contributed by atoms with van der Waals surface area (Å²) in [6, 6.07) is 4.02. The quantitative estimate of drug-likeness (QED) is 0.345. The second-order valence-electron chi connectivity index (χ2n) is 7.45. The number of unbranched alkanes of at least 4 members (excludes halogenated alkanes) is 1. The molecule has 0 atom stereocenters. The van der Waals surface area contributed by atoms with Crippen LogP contribution in [0.5, 0.6) is 0 Å². The normalized spacial score (nSPS) is 16.1. The van der Waals surface area contributed by atoms with Crippen molar-refractivity contribution >= 4 is 23.4 Å². The Hall–Kier alpha value is -1.61. The van der Waals surface area contributed by atoms with Crippen LogP contribution in [0.1, 0.15) is 30.9 Å². The van der Waals surface area contributed by atoms with Crippen molar-refractivity contribution in [3.63, 3.8) is 0 Å². The third kappa shape index (κ3) is 7.91. The van der Waals surface area contributed by atoms with Gasteiger partial charge < -0.3 is 20.4 Å². The van der Waals surface area contributed by atoms with Gasteiger partial charge in [-0.1, -0.05) is 0 Å². The van der Waals surface area contributed by atoms with E-state index in [0.29, 0.717) is 18.1 Å². The van der Waals surface area contributed by atoms with Crippen LogP contribution in [0.4, 0.5) is 18.9 Å². The molecule has 0 spiro atoms. The molecule has 0 amide bonds. The second kappa shape index (κ2) is 12.3. The lowest BCUT2D eigenvalue weighted by Crippen LogP contribution is -2.44. The molecule has 1 aromatic rings. The number of nitrogens with one attached hydrogen (secondary N) is 2. The van der Waals surface area contributed by atoms with Crippen LogP contribution in [0.15, 0.2) is 23.2 Å². The van der Waals surface area contributed by atoms with E-state index in [-0.39, 0.29) is 6.54 Å². The minimum absolute atomic E-state index is 0.200. The molecular weight excluding hydrogens is 411 g/mol. The third-order valence-electron chi connectivity index (χ3n) is 5.07. The van der Waals surface area contributed by atoms with E-state index in [0.717, 1.165) is 57.0 Å². The number of hydrogen-bond acceptors (Lipinski definition) is 4. The maximum absolute atomic E-state index is 13.3. The fraction of sp³-hybridized carbons (Fsp3) is 0.667. The Balaban J connectivity index is 2.17. The van der Waals surface area contributed by atoms with Gasteiger partial charge in [-0.05, 0) is 62.6 Å². The van der Waals surface area contributed by atoms with Crippen molar-refractivity contribution in [1.82, 2.24) is 15.5 Å². The van der Waals surface area contributed by atoms with Gasteiger partial charge in [-0.15, -0.1) is 0 Å². The van der Waals surface area contributed by atoms with Gasteiger partial charge in [0.1, 0.15) is 0 Å². The van der Waals surface area contributed by atoms with E-state index in [4.69, 9.17) is 0 Å². The number of alkyl halides is 3. The molecule has 1 aliphatic rings. The van der Waals surface area contributed by atoms with E-state index < -0.39 is 11.7 Å². The van der Waals surface area contributed by atoms with Crippen molar-refractivity contribution in [1.29, 1.82) is 0 Å². The van der Waals surface area contributed by atoms with Gasteiger partial charge in [0.2, 0.25) is 0 Å². The van der Waals surface area contributed by atoms with E-state index in [1.54, 1.807) is 6.07 Å². The Bertz CT molecular complexity index is 673. The van der Waals surface area contributed by atoms with Crippen molar-refractivity contribution in [2.24, 2.45) is 4.99 Å². The van der Waals surface area contributed by atoms with Gasteiger partial charge >= 0.3 is 6.18 Å². The zero-order chi connectivity index (χ0) is 22.0. The lowest BCUT2D eigenvalue weighted by Gasteiger charge is -2.35. The van der Waals surface area contributed by atoms with Crippen molar-refractivity contribution in [2.45, 2.75) is 32.5 Å². The highest BCUT2D eigenvalue weighted by atomic mass is 32.2. The Labute approximate surface area is 182 Å². The molecule has 0 bridgehead atoms. The predicted molar refractivity (Wildman–Crippen MR) is 122 cm³/mol. The molecule has 9 heteroatoms. The highest BCUT2D eigenvalue weighted by Crippen LogP contribution is 2.33. The molecule has 0 radical (unpaired) electrons. The van der Waals surface area contributed by atoms with Gasteiger partial charge in [0, 0.05) is 45.0 Å². The number of piperazine rings is 1. The van der Waals surface area contributed by atoms with E-state index >= 15 is 0 Å². The summed E-state index contributed by atoms with van der Waals surface area (Å²) in [4.78, 5) is 8.97. The molecule has 30 heavy (non-hydrogen) atoms. The second-order valence-corrected chi connectivity index (χ2v) is 8.44.